The molecule has 0 bridgehead atoms. The highest BCUT2D eigenvalue weighted by Gasteiger charge is 2.25. The molecule has 1 N–H and O–H groups in total. The summed E-state index contributed by atoms with van der Waals surface area (Å²) in [6.07, 6.45) is 0. The zero-order valence-corrected chi connectivity index (χ0v) is 18.2. The van der Waals surface area contributed by atoms with E-state index in [1.165, 1.54) is 13.1 Å². The van der Waals surface area contributed by atoms with E-state index in [1.807, 2.05) is 31.2 Å². The molecule has 0 spiro atoms. The first-order valence-corrected chi connectivity index (χ1v) is 10.8. The molecule has 3 aromatic rings. The Hall–Kier alpha value is -3.04. The predicted molar refractivity (Wildman–Crippen MR) is 112 cm³/mol. The summed E-state index contributed by atoms with van der Waals surface area (Å²) in [7, 11) is -2.51. The molecule has 0 radical (unpaired) electrons. The SMILES string of the molecule is Cc1ccc(CNC(=O)CN(C)S(=O)(=O)c2cc(-c3noc(C)n3)ccc2C)cc1. The smallest absolute Gasteiger partial charge is 0.243 e. The van der Waals surface area contributed by atoms with E-state index in [9.17, 15) is 13.2 Å². The maximum atomic E-state index is 13.1. The molecule has 1 aromatic heterocycles. The lowest BCUT2D eigenvalue weighted by atomic mass is 10.1. The lowest BCUT2D eigenvalue weighted by Gasteiger charge is -2.18. The molecule has 3 rings (SSSR count). The number of nitrogens with zero attached hydrogens (tertiary/aromatic N) is 3. The number of sulfonamides is 1. The molecular weight excluding hydrogens is 404 g/mol. The monoisotopic (exact) mass is 428 g/mol. The van der Waals surface area contributed by atoms with Gasteiger partial charge in [0.2, 0.25) is 27.6 Å². The van der Waals surface area contributed by atoms with Crippen LogP contribution < -0.4 is 5.32 Å². The molecule has 158 valence electrons. The number of carbonyl (C=O) groups is 1. The van der Waals surface area contributed by atoms with Crippen LogP contribution in [0.5, 0.6) is 0 Å². The Bertz CT molecular complexity index is 1150. The van der Waals surface area contributed by atoms with Crippen molar-refractivity contribution in [1.82, 2.24) is 19.8 Å². The van der Waals surface area contributed by atoms with E-state index in [2.05, 4.69) is 15.5 Å². The van der Waals surface area contributed by atoms with Gasteiger partial charge >= 0.3 is 0 Å². The molecule has 0 aliphatic heterocycles. The first-order valence-electron chi connectivity index (χ1n) is 9.37. The topological polar surface area (TPSA) is 105 Å². The maximum absolute atomic E-state index is 13.1. The van der Waals surface area contributed by atoms with E-state index in [0.29, 0.717) is 29.4 Å². The number of hydrogen-bond acceptors (Lipinski definition) is 6. The van der Waals surface area contributed by atoms with Crippen LogP contribution in [-0.4, -0.2) is 42.4 Å². The quantitative estimate of drug-likeness (QED) is 0.620. The molecule has 0 saturated carbocycles. The Morgan fingerprint density at radius 3 is 2.43 bits per heavy atom. The number of benzene rings is 2. The zero-order chi connectivity index (χ0) is 21.9. The molecule has 2 aromatic carbocycles. The van der Waals surface area contributed by atoms with E-state index >= 15 is 0 Å². The molecule has 0 atom stereocenters. The van der Waals surface area contributed by atoms with Crippen LogP contribution in [0, 0.1) is 20.8 Å². The van der Waals surface area contributed by atoms with Crippen LogP contribution in [0.2, 0.25) is 0 Å². The fourth-order valence-corrected chi connectivity index (χ4v) is 4.22. The summed E-state index contributed by atoms with van der Waals surface area (Å²) in [5.74, 6) is 0.309. The third-order valence-electron chi connectivity index (χ3n) is 4.64. The van der Waals surface area contributed by atoms with Crippen molar-refractivity contribution < 1.29 is 17.7 Å². The molecule has 1 heterocycles. The predicted octanol–water partition coefficient (Wildman–Crippen LogP) is 2.60. The largest absolute Gasteiger partial charge is 0.351 e. The van der Waals surface area contributed by atoms with E-state index in [0.717, 1.165) is 15.4 Å². The van der Waals surface area contributed by atoms with Crippen molar-refractivity contribution in [3.63, 3.8) is 0 Å². The Morgan fingerprint density at radius 2 is 1.80 bits per heavy atom. The van der Waals surface area contributed by atoms with Crippen LogP contribution in [0.25, 0.3) is 11.4 Å². The number of nitrogens with one attached hydrogen (secondary N) is 1. The van der Waals surface area contributed by atoms with Gasteiger partial charge in [0.1, 0.15) is 0 Å². The number of carbonyl (C=O) groups excluding carboxylic acids is 1. The van der Waals surface area contributed by atoms with Gasteiger partial charge < -0.3 is 9.84 Å². The fourth-order valence-electron chi connectivity index (χ4n) is 2.85. The first kappa shape index (κ1) is 21.7. The third kappa shape index (κ3) is 4.92. The molecular formula is C21H24N4O4S. The molecule has 1 amide bonds. The van der Waals surface area contributed by atoms with Gasteiger partial charge in [-0.15, -0.1) is 0 Å². The zero-order valence-electron chi connectivity index (χ0n) is 17.3. The number of aromatic nitrogens is 2. The minimum Gasteiger partial charge on any atom is -0.351 e. The molecule has 0 aliphatic carbocycles. The normalized spacial score (nSPS) is 11.6. The highest BCUT2D eigenvalue weighted by molar-refractivity contribution is 7.89. The van der Waals surface area contributed by atoms with Crippen molar-refractivity contribution in [2.75, 3.05) is 13.6 Å². The van der Waals surface area contributed by atoms with Crippen LogP contribution in [0.3, 0.4) is 0 Å². The van der Waals surface area contributed by atoms with Crippen LogP contribution in [0.15, 0.2) is 51.9 Å². The van der Waals surface area contributed by atoms with Crippen molar-refractivity contribution in [1.29, 1.82) is 0 Å². The van der Waals surface area contributed by atoms with Gasteiger partial charge in [-0.05, 0) is 31.0 Å². The summed E-state index contributed by atoms with van der Waals surface area (Å²) in [6, 6.07) is 12.7. The summed E-state index contributed by atoms with van der Waals surface area (Å²) in [4.78, 5) is 16.5. The summed E-state index contributed by atoms with van der Waals surface area (Å²) in [6.45, 7) is 5.38. The maximum Gasteiger partial charge on any atom is 0.243 e. The lowest BCUT2D eigenvalue weighted by Crippen LogP contribution is -2.38. The Balaban J connectivity index is 1.72. The minimum absolute atomic E-state index is 0.0938. The van der Waals surface area contributed by atoms with Gasteiger partial charge in [-0.3, -0.25) is 4.79 Å². The lowest BCUT2D eigenvalue weighted by molar-refractivity contribution is -0.121. The third-order valence-corrected chi connectivity index (χ3v) is 6.58. The Labute approximate surface area is 176 Å². The van der Waals surface area contributed by atoms with Crippen molar-refractivity contribution in [2.45, 2.75) is 32.2 Å². The minimum atomic E-state index is -3.89. The molecule has 0 aliphatic rings. The molecule has 0 saturated heterocycles. The van der Waals surface area contributed by atoms with Gasteiger partial charge in [-0.25, -0.2) is 8.42 Å². The van der Waals surface area contributed by atoms with Crippen LogP contribution in [0.1, 0.15) is 22.6 Å². The standard InChI is InChI=1S/C21H24N4O4S/c1-14-5-8-17(9-6-14)12-22-20(26)13-25(4)30(27,28)19-11-18(10-7-15(19)2)21-23-16(3)29-24-21/h5-11H,12-13H2,1-4H3,(H,22,26). The Morgan fingerprint density at radius 1 is 1.10 bits per heavy atom. The summed E-state index contributed by atoms with van der Waals surface area (Å²) >= 11 is 0. The molecule has 0 fully saturated rings. The van der Waals surface area contributed by atoms with E-state index < -0.39 is 10.0 Å². The van der Waals surface area contributed by atoms with Gasteiger partial charge in [0.15, 0.2) is 0 Å². The van der Waals surface area contributed by atoms with Gasteiger partial charge in [0.05, 0.1) is 11.4 Å². The fraction of sp³-hybridized carbons (Fsp3) is 0.286. The second kappa shape index (κ2) is 8.76. The van der Waals surface area contributed by atoms with Crippen LogP contribution in [-0.2, 0) is 21.4 Å². The van der Waals surface area contributed by atoms with Gasteiger partial charge in [-0.1, -0.05) is 47.1 Å². The number of hydrogen-bond donors (Lipinski definition) is 1. The van der Waals surface area contributed by atoms with Gasteiger partial charge in [-0.2, -0.15) is 9.29 Å². The number of aryl methyl sites for hydroxylation is 3. The van der Waals surface area contributed by atoms with Crippen molar-refractivity contribution >= 4 is 15.9 Å². The highest BCUT2D eigenvalue weighted by Crippen LogP contribution is 2.25. The molecule has 0 unspecified atom stereocenters. The van der Waals surface area contributed by atoms with Crippen LogP contribution >= 0.6 is 0 Å². The summed E-state index contributed by atoms with van der Waals surface area (Å²) in [5, 5.41) is 6.58. The molecule has 30 heavy (non-hydrogen) atoms. The first-order chi connectivity index (χ1) is 14.2. The van der Waals surface area contributed by atoms with Crippen molar-refractivity contribution in [3.8, 4) is 11.4 Å². The number of rotatable bonds is 7. The summed E-state index contributed by atoms with van der Waals surface area (Å²) in [5.41, 5.74) is 3.15. The van der Waals surface area contributed by atoms with E-state index in [1.54, 1.807) is 26.0 Å². The summed E-state index contributed by atoms with van der Waals surface area (Å²) < 4.78 is 32.1. The average molecular weight is 429 g/mol. The number of amides is 1. The van der Waals surface area contributed by atoms with E-state index in [-0.39, 0.29) is 17.3 Å². The number of likely N-dealkylation sites (N-methyl/N-ethyl adjacent to an activating group) is 1. The average Bonchev–Trinajstić information content (AvgIpc) is 3.14. The highest BCUT2D eigenvalue weighted by atomic mass is 32.2. The van der Waals surface area contributed by atoms with Crippen molar-refractivity contribution in [3.05, 3.63) is 65.0 Å². The van der Waals surface area contributed by atoms with Gasteiger partial charge in [0, 0.05) is 26.1 Å². The van der Waals surface area contributed by atoms with Crippen LogP contribution in [0.4, 0.5) is 0 Å². The molecule has 9 heteroatoms. The van der Waals surface area contributed by atoms with Gasteiger partial charge in [0.25, 0.3) is 0 Å². The molecule has 8 nitrogen and oxygen atoms in total. The second-order valence-electron chi connectivity index (χ2n) is 7.14. The van der Waals surface area contributed by atoms with E-state index in [4.69, 9.17) is 4.52 Å². The second-order valence-corrected chi connectivity index (χ2v) is 9.15. The van der Waals surface area contributed by atoms with Crippen molar-refractivity contribution in [2.24, 2.45) is 0 Å². The Kier molecular flexibility index (Phi) is 6.33.